The zero-order valence-electron chi connectivity index (χ0n) is 13.6. The van der Waals surface area contributed by atoms with Gasteiger partial charge in [0, 0.05) is 23.5 Å². The van der Waals surface area contributed by atoms with Crippen LogP contribution in [0.25, 0.3) is 10.9 Å². The summed E-state index contributed by atoms with van der Waals surface area (Å²) < 4.78 is 5.44. The van der Waals surface area contributed by atoms with Gasteiger partial charge in [-0.25, -0.2) is 9.97 Å². The first kappa shape index (κ1) is 15.8. The summed E-state index contributed by atoms with van der Waals surface area (Å²) >= 11 is 6.32. The standard InChI is InChI=1S/C18H20ClN3O/c1-11(2)8-15-17(19)21-16(18(22-15)23-3)9-12-10-20-14-7-5-4-6-13(12)14/h4-7,10-11,20H,8-9H2,1-3H3. The van der Waals surface area contributed by atoms with Gasteiger partial charge < -0.3 is 9.72 Å². The molecule has 0 atom stereocenters. The monoisotopic (exact) mass is 329 g/mol. The number of aromatic amines is 1. The molecule has 0 fully saturated rings. The lowest BCUT2D eigenvalue weighted by molar-refractivity contribution is 0.387. The molecular weight excluding hydrogens is 310 g/mol. The Balaban J connectivity index is 1.97. The van der Waals surface area contributed by atoms with Gasteiger partial charge in [0.1, 0.15) is 5.69 Å². The number of benzene rings is 1. The predicted octanol–water partition coefficient (Wildman–Crippen LogP) is 4.41. The van der Waals surface area contributed by atoms with Crippen molar-refractivity contribution >= 4 is 22.5 Å². The van der Waals surface area contributed by atoms with E-state index in [4.69, 9.17) is 16.3 Å². The lowest BCUT2D eigenvalue weighted by Gasteiger charge is -2.11. The van der Waals surface area contributed by atoms with Crippen molar-refractivity contribution in [3.8, 4) is 5.88 Å². The van der Waals surface area contributed by atoms with Crippen molar-refractivity contribution in [2.45, 2.75) is 26.7 Å². The lowest BCUT2D eigenvalue weighted by Crippen LogP contribution is -2.06. The second-order valence-corrected chi connectivity index (χ2v) is 6.41. The minimum Gasteiger partial charge on any atom is -0.480 e. The molecule has 3 rings (SSSR count). The molecule has 3 aromatic rings. The second kappa shape index (κ2) is 6.59. The SMILES string of the molecule is COc1nc(CC(C)C)c(Cl)nc1Cc1c[nH]c2ccccc12. The van der Waals surface area contributed by atoms with Gasteiger partial charge in [-0.3, -0.25) is 0 Å². The van der Waals surface area contributed by atoms with Crippen LogP contribution in [-0.2, 0) is 12.8 Å². The molecule has 2 heterocycles. The normalized spacial score (nSPS) is 11.3. The van der Waals surface area contributed by atoms with Crippen LogP contribution in [0.15, 0.2) is 30.5 Å². The molecule has 23 heavy (non-hydrogen) atoms. The van der Waals surface area contributed by atoms with E-state index in [1.807, 2.05) is 18.3 Å². The average Bonchev–Trinajstić information content (AvgIpc) is 2.93. The van der Waals surface area contributed by atoms with Crippen molar-refractivity contribution in [1.82, 2.24) is 15.0 Å². The zero-order chi connectivity index (χ0) is 16.4. The number of rotatable bonds is 5. The quantitative estimate of drug-likeness (QED) is 0.754. The number of methoxy groups -OCH3 is 1. The van der Waals surface area contributed by atoms with Crippen LogP contribution in [0.4, 0.5) is 0 Å². The van der Waals surface area contributed by atoms with Crippen LogP contribution >= 0.6 is 11.6 Å². The lowest BCUT2D eigenvalue weighted by atomic mass is 10.1. The Labute approximate surface area is 140 Å². The van der Waals surface area contributed by atoms with Gasteiger partial charge in [-0.2, -0.15) is 0 Å². The molecule has 5 heteroatoms. The van der Waals surface area contributed by atoms with Crippen molar-refractivity contribution in [2.75, 3.05) is 7.11 Å². The summed E-state index contributed by atoms with van der Waals surface area (Å²) in [7, 11) is 1.62. The van der Waals surface area contributed by atoms with Crippen LogP contribution in [-0.4, -0.2) is 22.1 Å². The largest absolute Gasteiger partial charge is 0.480 e. The maximum Gasteiger partial charge on any atom is 0.236 e. The van der Waals surface area contributed by atoms with Crippen molar-refractivity contribution in [1.29, 1.82) is 0 Å². The number of fused-ring (bicyclic) bond motifs is 1. The molecule has 0 aliphatic rings. The highest BCUT2D eigenvalue weighted by Gasteiger charge is 2.16. The molecule has 0 unspecified atom stereocenters. The van der Waals surface area contributed by atoms with Crippen LogP contribution in [0.3, 0.4) is 0 Å². The number of ether oxygens (including phenoxy) is 1. The third-order valence-corrected chi connectivity index (χ3v) is 4.09. The van der Waals surface area contributed by atoms with Gasteiger partial charge in [-0.05, 0) is 24.0 Å². The third kappa shape index (κ3) is 3.32. The van der Waals surface area contributed by atoms with Crippen molar-refractivity contribution in [3.63, 3.8) is 0 Å². The number of H-pyrrole nitrogens is 1. The van der Waals surface area contributed by atoms with E-state index in [2.05, 4.69) is 40.9 Å². The second-order valence-electron chi connectivity index (χ2n) is 6.05. The molecule has 0 aliphatic heterocycles. The Bertz CT molecular complexity index is 826. The topological polar surface area (TPSA) is 50.8 Å². The van der Waals surface area contributed by atoms with E-state index in [0.717, 1.165) is 28.9 Å². The first-order valence-electron chi connectivity index (χ1n) is 7.72. The number of hydrogen-bond acceptors (Lipinski definition) is 3. The maximum atomic E-state index is 6.32. The van der Waals surface area contributed by atoms with E-state index < -0.39 is 0 Å². The number of nitrogens with zero attached hydrogens (tertiary/aromatic N) is 2. The molecule has 0 bridgehead atoms. The van der Waals surface area contributed by atoms with Gasteiger partial charge in [-0.1, -0.05) is 43.6 Å². The molecule has 0 saturated carbocycles. The minimum atomic E-state index is 0.464. The number of hydrogen-bond donors (Lipinski definition) is 1. The molecule has 4 nitrogen and oxygen atoms in total. The fraction of sp³-hybridized carbons (Fsp3) is 0.333. The zero-order valence-corrected chi connectivity index (χ0v) is 14.3. The van der Waals surface area contributed by atoms with Crippen molar-refractivity contribution in [2.24, 2.45) is 5.92 Å². The molecule has 2 aromatic heterocycles. The molecular formula is C18H20ClN3O. The van der Waals surface area contributed by atoms with Crippen molar-refractivity contribution in [3.05, 3.63) is 52.6 Å². The summed E-state index contributed by atoms with van der Waals surface area (Å²) in [6.45, 7) is 4.26. The average molecular weight is 330 g/mol. The summed E-state index contributed by atoms with van der Waals surface area (Å²) in [6, 6.07) is 8.19. The van der Waals surface area contributed by atoms with Crippen LogP contribution in [0.5, 0.6) is 5.88 Å². The summed E-state index contributed by atoms with van der Waals surface area (Å²) in [5, 5.41) is 1.65. The van der Waals surface area contributed by atoms with Crippen LogP contribution in [0.2, 0.25) is 5.15 Å². The number of aromatic nitrogens is 3. The Morgan fingerprint density at radius 1 is 1.17 bits per heavy atom. The number of halogens is 1. The summed E-state index contributed by atoms with van der Waals surface area (Å²) in [4.78, 5) is 12.4. The van der Waals surface area contributed by atoms with Gasteiger partial charge in [0.2, 0.25) is 5.88 Å². The summed E-state index contributed by atoms with van der Waals surface area (Å²) in [5.74, 6) is 1.02. The molecule has 0 spiro atoms. The first-order valence-corrected chi connectivity index (χ1v) is 8.10. The van der Waals surface area contributed by atoms with E-state index >= 15 is 0 Å². The Morgan fingerprint density at radius 3 is 2.70 bits per heavy atom. The molecule has 0 aliphatic carbocycles. The molecule has 0 radical (unpaired) electrons. The van der Waals surface area contributed by atoms with Gasteiger partial charge in [0.05, 0.1) is 12.8 Å². The van der Waals surface area contributed by atoms with E-state index in [-0.39, 0.29) is 0 Å². The van der Waals surface area contributed by atoms with Gasteiger partial charge in [0.15, 0.2) is 5.15 Å². The highest BCUT2D eigenvalue weighted by molar-refractivity contribution is 6.30. The molecule has 1 aromatic carbocycles. The van der Waals surface area contributed by atoms with E-state index in [0.29, 0.717) is 23.4 Å². The Kier molecular flexibility index (Phi) is 4.53. The Morgan fingerprint density at radius 2 is 1.96 bits per heavy atom. The summed E-state index contributed by atoms with van der Waals surface area (Å²) in [6.07, 6.45) is 3.42. The summed E-state index contributed by atoms with van der Waals surface area (Å²) in [5.41, 5.74) is 3.81. The fourth-order valence-corrected chi connectivity index (χ4v) is 2.94. The third-order valence-electron chi connectivity index (χ3n) is 3.78. The van der Waals surface area contributed by atoms with Gasteiger partial charge in [-0.15, -0.1) is 0 Å². The van der Waals surface area contributed by atoms with E-state index in [9.17, 15) is 0 Å². The molecule has 120 valence electrons. The van der Waals surface area contributed by atoms with Gasteiger partial charge >= 0.3 is 0 Å². The number of nitrogens with one attached hydrogen (secondary N) is 1. The highest BCUT2D eigenvalue weighted by Crippen LogP contribution is 2.26. The van der Waals surface area contributed by atoms with Crippen molar-refractivity contribution < 1.29 is 4.74 Å². The fourth-order valence-electron chi connectivity index (χ4n) is 2.72. The van der Waals surface area contributed by atoms with Gasteiger partial charge in [0.25, 0.3) is 0 Å². The van der Waals surface area contributed by atoms with E-state index in [1.54, 1.807) is 7.11 Å². The maximum absolute atomic E-state index is 6.32. The predicted molar refractivity (Wildman–Crippen MR) is 93.2 cm³/mol. The molecule has 0 saturated heterocycles. The Hall–Kier alpha value is -2.07. The minimum absolute atomic E-state index is 0.464. The number of para-hydroxylation sites is 1. The smallest absolute Gasteiger partial charge is 0.236 e. The van der Waals surface area contributed by atoms with E-state index in [1.165, 1.54) is 5.39 Å². The first-order chi connectivity index (χ1) is 11.1. The highest BCUT2D eigenvalue weighted by atomic mass is 35.5. The van der Waals surface area contributed by atoms with Crippen LogP contribution in [0.1, 0.15) is 30.8 Å². The van der Waals surface area contributed by atoms with Crippen LogP contribution in [0, 0.1) is 5.92 Å². The van der Waals surface area contributed by atoms with Crippen LogP contribution < -0.4 is 4.74 Å². The molecule has 1 N–H and O–H groups in total. The molecule has 0 amide bonds.